The van der Waals surface area contributed by atoms with Crippen molar-refractivity contribution in [2.45, 2.75) is 32.9 Å². The molecule has 0 saturated carbocycles. The normalized spacial score (nSPS) is 11.2. The van der Waals surface area contributed by atoms with Crippen molar-refractivity contribution < 1.29 is 23.9 Å². The van der Waals surface area contributed by atoms with Gasteiger partial charge in [0, 0.05) is 6.92 Å². The highest BCUT2D eigenvalue weighted by Crippen LogP contribution is 1.96. The summed E-state index contributed by atoms with van der Waals surface area (Å²) in [4.78, 5) is 33.2. The van der Waals surface area contributed by atoms with Crippen LogP contribution in [0.1, 0.15) is 26.7 Å². The molecule has 17 heavy (non-hydrogen) atoms. The zero-order valence-corrected chi connectivity index (χ0v) is 10.0. The number of hydrogen-bond acceptors (Lipinski definition) is 5. The molecule has 1 atom stereocenters. The monoisotopic (exact) mass is 243 g/mol. The van der Waals surface area contributed by atoms with Crippen molar-refractivity contribution in [3.63, 3.8) is 0 Å². The van der Waals surface area contributed by atoms with Gasteiger partial charge in [-0.05, 0) is 12.5 Å². The minimum absolute atomic E-state index is 0.219. The van der Waals surface area contributed by atoms with E-state index < -0.39 is 24.1 Å². The molecule has 0 aliphatic heterocycles. The molecule has 1 N–H and O–H groups in total. The van der Waals surface area contributed by atoms with Crippen LogP contribution in [0.25, 0.3) is 0 Å². The second-order valence-corrected chi connectivity index (χ2v) is 3.22. The van der Waals surface area contributed by atoms with E-state index in [-0.39, 0.29) is 6.61 Å². The molecule has 0 heterocycles. The maximum atomic E-state index is 11.5. The Bertz CT molecular complexity index is 300. The summed E-state index contributed by atoms with van der Waals surface area (Å²) in [6, 6.07) is 0. The summed E-state index contributed by atoms with van der Waals surface area (Å²) in [7, 11) is 0. The third-order valence-electron chi connectivity index (χ3n) is 1.70. The quantitative estimate of drug-likeness (QED) is 0.305. The summed E-state index contributed by atoms with van der Waals surface area (Å²) in [6.07, 6.45) is 1.11. The number of carbonyl (C=O) groups excluding carboxylic acids is 3. The lowest BCUT2D eigenvalue weighted by atomic mass is 10.4. The van der Waals surface area contributed by atoms with Crippen molar-refractivity contribution in [1.29, 1.82) is 0 Å². The molecule has 0 fully saturated rings. The topological polar surface area (TPSA) is 81.7 Å². The molecule has 0 radical (unpaired) electrons. The van der Waals surface area contributed by atoms with Gasteiger partial charge in [0.2, 0.25) is 5.91 Å². The zero-order valence-electron chi connectivity index (χ0n) is 10.0. The van der Waals surface area contributed by atoms with Crippen LogP contribution < -0.4 is 5.32 Å². The average Bonchev–Trinajstić information content (AvgIpc) is 2.27. The molecule has 0 aromatic rings. The van der Waals surface area contributed by atoms with Crippen LogP contribution in [0.3, 0.4) is 0 Å². The number of unbranched alkanes of at least 4 members (excludes halogenated alkanes) is 1. The van der Waals surface area contributed by atoms with Crippen molar-refractivity contribution in [1.82, 2.24) is 5.32 Å². The van der Waals surface area contributed by atoms with Gasteiger partial charge in [0.15, 0.2) is 0 Å². The third kappa shape index (κ3) is 7.10. The summed E-state index contributed by atoms with van der Waals surface area (Å²) < 4.78 is 9.45. The van der Waals surface area contributed by atoms with Gasteiger partial charge in [-0.25, -0.2) is 4.79 Å². The fourth-order valence-corrected chi connectivity index (χ4v) is 0.883. The maximum absolute atomic E-state index is 11.5. The maximum Gasteiger partial charge on any atom is 0.369 e. The lowest BCUT2D eigenvalue weighted by Gasteiger charge is -2.16. The molecule has 0 aliphatic rings. The largest absolute Gasteiger partial charge is 0.462 e. The Morgan fingerprint density at radius 1 is 1.41 bits per heavy atom. The van der Waals surface area contributed by atoms with Gasteiger partial charge in [-0.3, -0.25) is 9.59 Å². The summed E-state index contributed by atoms with van der Waals surface area (Å²) in [5.41, 5.74) is 0. The van der Waals surface area contributed by atoms with Gasteiger partial charge in [0.1, 0.15) is 0 Å². The van der Waals surface area contributed by atoms with Crippen molar-refractivity contribution in [3.8, 4) is 0 Å². The van der Waals surface area contributed by atoms with E-state index in [9.17, 15) is 14.4 Å². The Morgan fingerprint density at radius 3 is 2.53 bits per heavy atom. The van der Waals surface area contributed by atoms with Crippen LogP contribution in [0.2, 0.25) is 0 Å². The van der Waals surface area contributed by atoms with Crippen molar-refractivity contribution in [2.24, 2.45) is 0 Å². The van der Waals surface area contributed by atoms with Crippen molar-refractivity contribution >= 4 is 17.8 Å². The molecule has 0 rings (SSSR count). The summed E-state index contributed by atoms with van der Waals surface area (Å²) in [6.45, 7) is 6.51. The highest BCUT2D eigenvalue weighted by Gasteiger charge is 2.24. The number of amides is 1. The molecule has 6 heteroatoms. The number of rotatable bonds is 7. The summed E-state index contributed by atoms with van der Waals surface area (Å²) in [5.74, 6) is -2.11. The smallest absolute Gasteiger partial charge is 0.369 e. The van der Waals surface area contributed by atoms with E-state index in [2.05, 4.69) is 16.6 Å². The van der Waals surface area contributed by atoms with E-state index in [4.69, 9.17) is 4.74 Å². The zero-order chi connectivity index (χ0) is 13.3. The molecule has 96 valence electrons. The lowest BCUT2D eigenvalue weighted by Crippen LogP contribution is -2.44. The molecule has 6 nitrogen and oxygen atoms in total. The lowest BCUT2D eigenvalue weighted by molar-refractivity contribution is -0.170. The molecule has 0 aliphatic carbocycles. The van der Waals surface area contributed by atoms with Gasteiger partial charge < -0.3 is 14.8 Å². The van der Waals surface area contributed by atoms with Gasteiger partial charge in [-0.15, -0.1) is 0 Å². The fraction of sp³-hybridized carbons (Fsp3) is 0.545. The second kappa shape index (κ2) is 8.32. The van der Waals surface area contributed by atoms with Gasteiger partial charge in [0.05, 0.1) is 6.61 Å². The van der Waals surface area contributed by atoms with Gasteiger partial charge in [-0.2, -0.15) is 0 Å². The number of ether oxygens (including phenoxy) is 2. The highest BCUT2D eigenvalue weighted by molar-refractivity contribution is 5.91. The average molecular weight is 243 g/mol. The van der Waals surface area contributed by atoms with E-state index in [1.54, 1.807) is 0 Å². The Kier molecular flexibility index (Phi) is 7.41. The third-order valence-corrected chi connectivity index (χ3v) is 1.70. The molecule has 0 spiro atoms. The molecule has 1 amide bonds. The minimum Gasteiger partial charge on any atom is -0.462 e. The van der Waals surface area contributed by atoms with E-state index in [1.165, 1.54) is 0 Å². The van der Waals surface area contributed by atoms with E-state index in [1.807, 2.05) is 6.92 Å². The molecular weight excluding hydrogens is 226 g/mol. The first-order valence-electron chi connectivity index (χ1n) is 5.28. The highest BCUT2D eigenvalue weighted by atomic mass is 16.6. The molecular formula is C11H17NO5. The first-order chi connectivity index (χ1) is 8.01. The number of esters is 2. The summed E-state index contributed by atoms with van der Waals surface area (Å²) >= 11 is 0. The second-order valence-electron chi connectivity index (χ2n) is 3.22. The first-order valence-corrected chi connectivity index (χ1v) is 5.28. The van der Waals surface area contributed by atoms with Crippen LogP contribution in [0, 0.1) is 0 Å². The Morgan fingerprint density at radius 2 is 2.06 bits per heavy atom. The van der Waals surface area contributed by atoms with Crippen LogP contribution in [0.15, 0.2) is 12.7 Å². The molecule has 0 bridgehead atoms. The van der Waals surface area contributed by atoms with Gasteiger partial charge in [-0.1, -0.05) is 19.9 Å². The van der Waals surface area contributed by atoms with Crippen LogP contribution in [-0.4, -0.2) is 30.7 Å². The van der Waals surface area contributed by atoms with E-state index >= 15 is 0 Å². The van der Waals surface area contributed by atoms with Gasteiger partial charge >= 0.3 is 11.9 Å². The van der Waals surface area contributed by atoms with Crippen LogP contribution >= 0.6 is 0 Å². The van der Waals surface area contributed by atoms with Crippen molar-refractivity contribution in [2.75, 3.05) is 6.61 Å². The predicted octanol–water partition coefficient (Wildman–Crippen LogP) is 0.521. The first kappa shape index (κ1) is 15.2. The van der Waals surface area contributed by atoms with E-state index in [0.717, 1.165) is 19.4 Å². The van der Waals surface area contributed by atoms with Crippen LogP contribution in [-0.2, 0) is 23.9 Å². The Hall–Kier alpha value is -1.85. The predicted molar refractivity (Wildman–Crippen MR) is 59.8 cm³/mol. The molecule has 0 aromatic carbocycles. The molecule has 0 saturated heterocycles. The standard InChI is InChI=1S/C11H17NO5/c1-4-6-7-16-11(15)10(17-8(3)13)12-9(14)5-2/h5,10H,2,4,6-7H2,1,3H3,(H,12,14). The molecule has 1 unspecified atom stereocenters. The van der Waals surface area contributed by atoms with Crippen LogP contribution in [0.4, 0.5) is 0 Å². The van der Waals surface area contributed by atoms with Gasteiger partial charge in [0.25, 0.3) is 6.23 Å². The number of hydrogen-bond donors (Lipinski definition) is 1. The SMILES string of the molecule is C=CC(=O)NC(OC(C)=O)C(=O)OCCCC. The Balaban J connectivity index is 4.34. The summed E-state index contributed by atoms with van der Waals surface area (Å²) in [5, 5.41) is 2.15. The molecule has 0 aromatic heterocycles. The minimum atomic E-state index is -1.42. The number of nitrogens with one attached hydrogen (secondary N) is 1. The fourth-order valence-electron chi connectivity index (χ4n) is 0.883. The van der Waals surface area contributed by atoms with Crippen LogP contribution in [0.5, 0.6) is 0 Å². The number of carbonyl (C=O) groups is 3. The van der Waals surface area contributed by atoms with Crippen molar-refractivity contribution in [3.05, 3.63) is 12.7 Å². The van der Waals surface area contributed by atoms with E-state index in [0.29, 0.717) is 6.42 Å². The Labute approximate surface area is 100.0 Å².